The van der Waals surface area contributed by atoms with Crippen molar-refractivity contribution in [1.82, 2.24) is 15.2 Å². The molecule has 82 valence electrons. The number of H-pyrrole nitrogens is 1. The first-order valence-corrected chi connectivity index (χ1v) is 5.80. The van der Waals surface area contributed by atoms with Gasteiger partial charge in [0.05, 0.1) is 0 Å². The lowest BCUT2D eigenvalue weighted by Crippen LogP contribution is -1.83. The van der Waals surface area contributed by atoms with Crippen LogP contribution in [0.3, 0.4) is 0 Å². The lowest BCUT2D eigenvalue weighted by molar-refractivity contribution is 0.935. The monoisotopic (exact) mass is 233 g/mol. The van der Waals surface area contributed by atoms with Gasteiger partial charge in [-0.3, -0.25) is 5.10 Å². The van der Waals surface area contributed by atoms with Crippen LogP contribution < -0.4 is 0 Å². The first-order valence-electron chi connectivity index (χ1n) is 5.43. The Morgan fingerprint density at radius 2 is 2.19 bits per heavy atom. The highest BCUT2D eigenvalue weighted by atomic mass is 35.5. The fourth-order valence-electron chi connectivity index (χ4n) is 1.67. The summed E-state index contributed by atoms with van der Waals surface area (Å²) in [4.78, 5) is 4.49. The van der Waals surface area contributed by atoms with Crippen LogP contribution in [0.4, 0.5) is 0 Å². The van der Waals surface area contributed by atoms with Crippen molar-refractivity contribution in [3.8, 4) is 11.4 Å². The normalized spacial score (nSPS) is 15.4. The van der Waals surface area contributed by atoms with Gasteiger partial charge in [-0.25, -0.2) is 4.98 Å². The van der Waals surface area contributed by atoms with Crippen LogP contribution in [-0.4, -0.2) is 15.2 Å². The molecule has 0 spiro atoms. The van der Waals surface area contributed by atoms with Crippen molar-refractivity contribution >= 4 is 11.6 Å². The van der Waals surface area contributed by atoms with Crippen molar-refractivity contribution in [3.05, 3.63) is 34.6 Å². The van der Waals surface area contributed by atoms with Gasteiger partial charge in [0.25, 0.3) is 0 Å². The summed E-state index contributed by atoms with van der Waals surface area (Å²) in [5, 5.41) is 7.98. The van der Waals surface area contributed by atoms with Gasteiger partial charge in [0, 0.05) is 16.5 Å². The Hall–Kier alpha value is -1.35. The summed E-state index contributed by atoms with van der Waals surface area (Å²) in [6.45, 7) is 1.99. The molecule has 2 aromatic rings. The summed E-state index contributed by atoms with van der Waals surface area (Å²) in [6, 6.07) is 5.91. The van der Waals surface area contributed by atoms with Crippen LogP contribution in [0.25, 0.3) is 11.4 Å². The Bertz CT molecular complexity index is 529. The molecule has 1 fully saturated rings. The van der Waals surface area contributed by atoms with Crippen molar-refractivity contribution in [1.29, 1.82) is 0 Å². The molecular weight excluding hydrogens is 222 g/mol. The lowest BCUT2D eigenvalue weighted by Gasteiger charge is -1.99. The van der Waals surface area contributed by atoms with E-state index in [4.69, 9.17) is 11.6 Å². The molecule has 4 heteroatoms. The SMILES string of the molecule is Cc1ccc(-c2n[nH]c(C3CC3)n2)cc1Cl. The molecule has 1 heterocycles. The molecule has 1 N–H and O–H groups in total. The molecule has 16 heavy (non-hydrogen) atoms. The Balaban J connectivity index is 1.97. The van der Waals surface area contributed by atoms with Crippen molar-refractivity contribution < 1.29 is 0 Å². The zero-order chi connectivity index (χ0) is 11.1. The van der Waals surface area contributed by atoms with Gasteiger partial charge in [-0.15, -0.1) is 0 Å². The van der Waals surface area contributed by atoms with Gasteiger partial charge in [-0.2, -0.15) is 5.10 Å². The molecule has 1 saturated carbocycles. The number of aromatic amines is 1. The quantitative estimate of drug-likeness (QED) is 0.865. The summed E-state index contributed by atoms with van der Waals surface area (Å²) in [6.07, 6.45) is 2.45. The Morgan fingerprint density at radius 3 is 2.88 bits per heavy atom. The van der Waals surface area contributed by atoms with Crippen LogP contribution in [-0.2, 0) is 0 Å². The van der Waals surface area contributed by atoms with Crippen molar-refractivity contribution in [2.45, 2.75) is 25.7 Å². The summed E-state index contributed by atoms with van der Waals surface area (Å²) in [7, 11) is 0. The predicted octanol–water partition coefficient (Wildman–Crippen LogP) is 3.31. The molecule has 3 nitrogen and oxygen atoms in total. The van der Waals surface area contributed by atoms with Gasteiger partial charge < -0.3 is 0 Å². The Kier molecular flexibility index (Phi) is 2.21. The fraction of sp³-hybridized carbons (Fsp3) is 0.333. The molecule has 0 bridgehead atoms. The first kappa shape index (κ1) is 9.85. The van der Waals surface area contributed by atoms with Crippen molar-refractivity contribution in [2.75, 3.05) is 0 Å². The van der Waals surface area contributed by atoms with E-state index < -0.39 is 0 Å². The van der Waals surface area contributed by atoms with Gasteiger partial charge >= 0.3 is 0 Å². The number of halogens is 1. The largest absolute Gasteiger partial charge is 0.262 e. The lowest BCUT2D eigenvalue weighted by atomic mass is 10.1. The predicted molar refractivity (Wildman–Crippen MR) is 63.5 cm³/mol. The minimum absolute atomic E-state index is 0.599. The van der Waals surface area contributed by atoms with Crippen LogP contribution in [0, 0.1) is 6.92 Å². The molecule has 0 atom stereocenters. The van der Waals surface area contributed by atoms with E-state index >= 15 is 0 Å². The summed E-state index contributed by atoms with van der Waals surface area (Å²) in [5.74, 6) is 2.35. The van der Waals surface area contributed by atoms with Crippen LogP contribution in [0.2, 0.25) is 5.02 Å². The van der Waals surface area contributed by atoms with Crippen LogP contribution in [0.1, 0.15) is 30.1 Å². The maximum absolute atomic E-state index is 6.08. The van der Waals surface area contributed by atoms with E-state index in [0.29, 0.717) is 5.92 Å². The molecule has 0 radical (unpaired) electrons. The third-order valence-electron chi connectivity index (χ3n) is 2.90. The molecule has 1 aromatic carbocycles. The molecule has 0 amide bonds. The molecule has 0 aliphatic heterocycles. The summed E-state index contributed by atoms with van der Waals surface area (Å²) in [5.41, 5.74) is 2.04. The third kappa shape index (κ3) is 1.71. The van der Waals surface area contributed by atoms with E-state index in [-0.39, 0.29) is 0 Å². The molecular formula is C12H12ClN3. The molecule has 0 saturated heterocycles. The molecule has 1 aliphatic carbocycles. The molecule has 1 aromatic heterocycles. The average molecular weight is 234 g/mol. The highest BCUT2D eigenvalue weighted by molar-refractivity contribution is 6.31. The van der Waals surface area contributed by atoms with Gasteiger partial charge in [-0.1, -0.05) is 23.7 Å². The van der Waals surface area contributed by atoms with Crippen LogP contribution in [0.5, 0.6) is 0 Å². The van der Waals surface area contributed by atoms with E-state index in [9.17, 15) is 0 Å². The fourth-order valence-corrected chi connectivity index (χ4v) is 1.86. The highest BCUT2D eigenvalue weighted by Gasteiger charge is 2.27. The maximum atomic E-state index is 6.08. The zero-order valence-corrected chi connectivity index (χ0v) is 9.75. The molecule has 0 unspecified atom stereocenters. The molecule has 1 aliphatic rings. The zero-order valence-electron chi connectivity index (χ0n) is 9.00. The van der Waals surface area contributed by atoms with E-state index in [2.05, 4.69) is 15.2 Å². The van der Waals surface area contributed by atoms with E-state index in [1.54, 1.807) is 0 Å². The van der Waals surface area contributed by atoms with Crippen molar-refractivity contribution in [2.24, 2.45) is 0 Å². The molecule has 3 rings (SSSR count). The Morgan fingerprint density at radius 1 is 1.38 bits per heavy atom. The number of hydrogen-bond acceptors (Lipinski definition) is 2. The van der Waals surface area contributed by atoms with Gasteiger partial charge in [-0.05, 0) is 31.4 Å². The summed E-state index contributed by atoms with van der Waals surface area (Å²) < 4.78 is 0. The van der Waals surface area contributed by atoms with Gasteiger partial charge in [0.1, 0.15) is 5.82 Å². The Labute approximate surface area is 98.9 Å². The van der Waals surface area contributed by atoms with E-state index in [0.717, 1.165) is 27.8 Å². The van der Waals surface area contributed by atoms with Gasteiger partial charge in [0.2, 0.25) is 0 Å². The van der Waals surface area contributed by atoms with Gasteiger partial charge in [0.15, 0.2) is 5.82 Å². The number of nitrogens with one attached hydrogen (secondary N) is 1. The van der Waals surface area contributed by atoms with Crippen molar-refractivity contribution in [3.63, 3.8) is 0 Å². The number of rotatable bonds is 2. The average Bonchev–Trinajstić information content (AvgIpc) is 3.01. The van der Waals surface area contributed by atoms with E-state index in [1.807, 2.05) is 25.1 Å². The number of aromatic nitrogens is 3. The second-order valence-corrected chi connectivity index (χ2v) is 4.69. The summed E-state index contributed by atoms with van der Waals surface area (Å²) >= 11 is 6.08. The van der Waals surface area contributed by atoms with Crippen LogP contribution >= 0.6 is 11.6 Å². The van der Waals surface area contributed by atoms with E-state index in [1.165, 1.54) is 12.8 Å². The smallest absolute Gasteiger partial charge is 0.181 e. The number of benzene rings is 1. The maximum Gasteiger partial charge on any atom is 0.181 e. The minimum atomic E-state index is 0.599. The number of hydrogen-bond donors (Lipinski definition) is 1. The number of nitrogens with zero attached hydrogens (tertiary/aromatic N) is 2. The van der Waals surface area contributed by atoms with Crippen LogP contribution in [0.15, 0.2) is 18.2 Å². The first-order chi connectivity index (χ1) is 7.74. The highest BCUT2D eigenvalue weighted by Crippen LogP contribution is 2.38. The topological polar surface area (TPSA) is 41.6 Å². The number of aryl methyl sites for hydroxylation is 1. The minimum Gasteiger partial charge on any atom is -0.262 e. The standard InChI is InChI=1S/C12H12ClN3/c1-7-2-3-9(6-10(7)13)12-14-11(15-16-12)8-4-5-8/h2-3,6,8H,4-5H2,1H3,(H,14,15,16). The third-order valence-corrected chi connectivity index (χ3v) is 3.30. The second kappa shape index (κ2) is 3.59. The second-order valence-electron chi connectivity index (χ2n) is 4.28.